The van der Waals surface area contributed by atoms with E-state index >= 15 is 0 Å². The number of hydrogen-bond donors (Lipinski definition) is 1. The Bertz CT molecular complexity index is 1330. The minimum Gasteiger partial charge on any atom is -0.495 e. The quantitative estimate of drug-likeness (QED) is 0.326. The maximum Gasteiger partial charge on any atom is 0.273 e. The van der Waals surface area contributed by atoms with Gasteiger partial charge in [0.15, 0.2) is 5.58 Å². The zero-order valence-corrected chi connectivity index (χ0v) is 18.1. The first-order valence-electron chi connectivity index (χ1n) is 9.89. The van der Waals surface area contributed by atoms with Gasteiger partial charge in [-0.15, -0.1) is 0 Å². The third-order valence-electron chi connectivity index (χ3n) is 5.37. The van der Waals surface area contributed by atoms with Crippen LogP contribution in [0.1, 0.15) is 27.0 Å². The lowest BCUT2D eigenvalue weighted by atomic mass is 10.1. The normalized spacial score (nSPS) is 10.9. The van der Waals surface area contributed by atoms with Crippen molar-refractivity contribution in [1.82, 2.24) is 4.98 Å². The van der Waals surface area contributed by atoms with E-state index in [9.17, 15) is 14.9 Å². The van der Waals surface area contributed by atoms with Crippen LogP contribution >= 0.6 is 0 Å². The summed E-state index contributed by atoms with van der Waals surface area (Å²) < 4.78 is 11.3. The Morgan fingerprint density at radius 2 is 1.78 bits per heavy atom. The Labute approximate surface area is 184 Å². The number of methoxy groups -OCH3 is 1. The van der Waals surface area contributed by atoms with Crippen LogP contribution in [0, 0.1) is 30.9 Å². The van der Waals surface area contributed by atoms with Crippen molar-refractivity contribution in [1.29, 1.82) is 0 Å². The minimum atomic E-state index is -0.510. The Balaban J connectivity index is 1.69. The standard InChI is InChI=1S/C24H21N3O5/c1-13-5-6-16(12-20(13)27(29)30)23(28)25-19-11-17(7-8-21(19)31-4)24-26-18-9-14(2)15(3)10-22(18)32-24/h5-12H,1-4H3,(H,25,28). The van der Waals surface area contributed by atoms with Crippen LogP contribution in [0.25, 0.3) is 22.6 Å². The summed E-state index contributed by atoms with van der Waals surface area (Å²) in [6.45, 7) is 5.64. The molecule has 0 aliphatic carbocycles. The fraction of sp³-hybridized carbons (Fsp3) is 0.167. The van der Waals surface area contributed by atoms with Crippen LogP contribution in [0.5, 0.6) is 5.75 Å². The van der Waals surface area contributed by atoms with E-state index in [1.54, 1.807) is 37.3 Å². The Kier molecular flexibility index (Phi) is 5.36. The van der Waals surface area contributed by atoms with Gasteiger partial charge in [0, 0.05) is 22.8 Å². The van der Waals surface area contributed by atoms with E-state index in [1.807, 2.05) is 26.0 Å². The van der Waals surface area contributed by atoms with Crippen LogP contribution in [-0.2, 0) is 0 Å². The Morgan fingerprint density at radius 1 is 1.03 bits per heavy atom. The molecule has 0 radical (unpaired) electrons. The van der Waals surface area contributed by atoms with Crippen molar-refractivity contribution in [2.45, 2.75) is 20.8 Å². The predicted molar refractivity (Wildman–Crippen MR) is 121 cm³/mol. The predicted octanol–water partition coefficient (Wildman–Crippen LogP) is 5.59. The number of carbonyl (C=O) groups is 1. The molecule has 1 amide bonds. The topological polar surface area (TPSA) is 108 Å². The molecule has 4 aromatic rings. The van der Waals surface area contributed by atoms with Gasteiger partial charge in [-0.3, -0.25) is 14.9 Å². The number of nitrogens with zero attached hydrogens (tertiary/aromatic N) is 2. The summed E-state index contributed by atoms with van der Waals surface area (Å²) in [4.78, 5) is 28.1. The number of nitro groups is 1. The van der Waals surface area contributed by atoms with E-state index in [0.29, 0.717) is 34.0 Å². The molecule has 0 aliphatic heterocycles. The summed E-state index contributed by atoms with van der Waals surface area (Å²) in [6, 6.07) is 13.4. The number of carbonyl (C=O) groups excluding carboxylic acids is 1. The molecule has 0 spiro atoms. The third kappa shape index (κ3) is 3.90. The number of hydrogen-bond acceptors (Lipinski definition) is 6. The lowest BCUT2D eigenvalue weighted by Gasteiger charge is -2.11. The average molecular weight is 431 g/mol. The van der Waals surface area contributed by atoms with Crippen molar-refractivity contribution in [3.63, 3.8) is 0 Å². The second-order valence-corrected chi connectivity index (χ2v) is 7.55. The van der Waals surface area contributed by atoms with Crippen LogP contribution in [-0.4, -0.2) is 22.9 Å². The maximum absolute atomic E-state index is 12.8. The highest BCUT2D eigenvalue weighted by molar-refractivity contribution is 6.05. The van der Waals surface area contributed by atoms with Gasteiger partial charge in [-0.25, -0.2) is 4.98 Å². The summed E-state index contributed by atoms with van der Waals surface area (Å²) in [6.07, 6.45) is 0. The number of fused-ring (bicyclic) bond motifs is 1. The number of oxazole rings is 1. The molecule has 0 aliphatic rings. The molecule has 0 fully saturated rings. The number of nitrogens with one attached hydrogen (secondary N) is 1. The average Bonchev–Trinajstić information content (AvgIpc) is 3.16. The molecule has 1 heterocycles. The first kappa shape index (κ1) is 21.0. The molecule has 0 atom stereocenters. The van der Waals surface area contributed by atoms with Gasteiger partial charge in [0.1, 0.15) is 11.3 Å². The number of anilines is 1. The largest absolute Gasteiger partial charge is 0.495 e. The molecule has 0 saturated heterocycles. The van der Waals surface area contributed by atoms with E-state index < -0.39 is 10.8 Å². The summed E-state index contributed by atoms with van der Waals surface area (Å²) in [5.41, 5.74) is 5.23. The second-order valence-electron chi connectivity index (χ2n) is 7.55. The van der Waals surface area contributed by atoms with Gasteiger partial charge in [-0.2, -0.15) is 0 Å². The lowest BCUT2D eigenvalue weighted by Crippen LogP contribution is -2.13. The summed E-state index contributed by atoms with van der Waals surface area (Å²) in [5.74, 6) is 0.355. The first-order chi connectivity index (χ1) is 15.3. The number of benzene rings is 3. The van der Waals surface area contributed by atoms with Gasteiger partial charge in [-0.05, 0) is 68.3 Å². The number of nitro benzene ring substituents is 1. The van der Waals surface area contributed by atoms with Crippen LogP contribution in [0.2, 0.25) is 0 Å². The van der Waals surface area contributed by atoms with Gasteiger partial charge >= 0.3 is 0 Å². The van der Waals surface area contributed by atoms with E-state index in [0.717, 1.165) is 16.6 Å². The number of amides is 1. The van der Waals surface area contributed by atoms with Gasteiger partial charge in [-0.1, -0.05) is 6.07 Å². The molecule has 162 valence electrons. The van der Waals surface area contributed by atoms with Crippen molar-refractivity contribution >= 4 is 28.4 Å². The van der Waals surface area contributed by atoms with Crippen molar-refractivity contribution in [2.75, 3.05) is 12.4 Å². The van der Waals surface area contributed by atoms with E-state index in [2.05, 4.69) is 10.3 Å². The highest BCUT2D eigenvalue weighted by Gasteiger charge is 2.18. The third-order valence-corrected chi connectivity index (χ3v) is 5.37. The molecule has 8 nitrogen and oxygen atoms in total. The fourth-order valence-electron chi connectivity index (χ4n) is 3.38. The van der Waals surface area contributed by atoms with Gasteiger partial charge in [0.25, 0.3) is 11.6 Å². The molecule has 0 bridgehead atoms. The van der Waals surface area contributed by atoms with Crippen LogP contribution in [0.3, 0.4) is 0 Å². The van der Waals surface area contributed by atoms with Gasteiger partial charge < -0.3 is 14.5 Å². The van der Waals surface area contributed by atoms with Gasteiger partial charge in [0.05, 0.1) is 17.7 Å². The highest BCUT2D eigenvalue weighted by atomic mass is 16.6. The molecule has 0 unspecified atom stereocenters. The Hall–Kier alpha value is -4.20. The van der Waals surface area contributed by atoms with Crippen LogP contribution < -0.4 is 10.1 Å². The number of rotatable bonds is 5. The van der Waals surface area contributed by atoms with Gasteiger partial charge in [0.2, 0.25) is 5.89 Å². The second kappa shape index (κ2) is 8.14. The SMILES string of the molecule is COc1ccc(-c2nc3cc(C)c(C)cc3o2)cc1NC(=O)c1ccc(C)c([N+](=O)[O-])c1. The summed E-state index contributed by atoms with van der Waals surface area (Å²) >= 11 is 0. The van der Waals surface area contributed by atoms with Crippen molar-refractivity contribution in [3.8, 4) is 17.2 Å². The van der Waals surface area contributed by atoms with Crippen molar-refractivity contribution < 1.29 is 18.9 Å². The maximum atomic E-state index is 12.8. The zero-order valence-electron chi connectivity index (χ0n) is 18.1. The monoisotopic (exact) mass is 431 g/mol. The van der Waals surface area contributed by atoms with E-state index in [-0.39, 0.29) is 11.3 Å². The molecule has 1 N–H and O–H groups in total. The molecule has 8 heteroatoms. The van der Waals surface area contributed by atoms with Crippen molar-refractivity contribution in [3.05, 3.63) is 80.9 Å². The zero-order chi connectivity index (χ0) is 23.0. The summed E-state index contributed by atoms with van der Waals surface area (Å²) in [5, 5.41) is 14.0. The smallest absolute Gasteiger partial charge is 0.273 e. The molecule has 4 rings (SSSR count). The van der Waals surface area contributed by atoms with E-state index in [1.165, 1.54) is 13.2 Å². The number of aryl methyl sites for hydroxylation is 3. The Morgan fingerprint density at radius 3 is 2.50 bits per heavy atom. The molecule has 1 aromatic heterocycles. The number of aromatic nitrogens is 1. The molecular weight excluding hydrogens is 410 g/mol. The van der Waals surface area contributed by atoms with Crippen LogP contribution in [0.4, 0.5) is 11.4 Å². The molecule has 3 aromatic carbocycles. The molecule has 32 heavy (non-hydrogen) atoms. The molecular formula is C24H21N3O5. The van der Waals surface area contributed by atoms with E-state index in [4.69, 9.17) is 9.15 Å². The molecule has 0 saturated carbocycles. The highest BCUT2D eigenvalue weighted by Crippen LogP contribution is 2.33. The number of ether oxygens (including phenoxy) is 1. The minimum absolute atomic E-state index is 0.115. The van der Waals surface area contributed by atoms with Crippen molar-refractivity contribution in [2.24, 2.45) is 0 Å². The fourth-order valence-corrected chi connectivity index (χ4v) is 3.38. The summed E-state index contributed by atoms with van der Waals surface area (Å²) in [7, 11) is 1.49. The lowest BCUT2D eigenvalue weighted by molar-refractivity contribution is -0.385. The van der Waals surface area contributed by atoms with Crippen LogP contribution in [0.15, 0.2) is 52.9 Å². The first-order valence-corrected chi connectivity index (χ1v) is 9.89.